The number of rotatable bonds is 3. The molecule has 0 bridgehead atoms. The van der Waals surface area contributed by atoms with Gasteiger partial charge in [-0.2, -0.15) is 0 Å². The van der Waals surface area contributed by atoms with E-state index < -0.39 is 29.7 Å². The van der Waals surface area contributed by atoms with Gasteiger partial charge in [-0.05, 0) is 27.7 Å². The molecule has 0 heterocycles. The molecule has 0 saturated heterocycles. The summed E-state index contributed by atoms with van der Waals surface area (Å²) in [5.74, 6) is -1.15. The van der Waals surface area contributed by atoms with Crippen LogP contribution in [0.25, 0.3) is 0 Å². The number of carboxylic acid groups (broad SMARTS) is 1. The van der Waals surface area contributed by atoms with Crippen LogP contribution < -0.4 is 5.73 Å². The van der Waals surface area contributed by atoms with Crippen molar-refractivity contribution in [1.29, 1.82) is 0 Å². The van der Waals surface area contributed by atoms with Gasteiger partial charge in [0.05, 0.1) is 6.04 Å². The van der Waals surface area contributed by atoms with E-state index in [1.165, 1.54) is 11.9 Å². The smallest absolute Gasteiger partial charge is 0.410 e. The van der Waals surface area contributed by atoms with Crippen molar-refractivity contribution >= 4 is 12.1 Å². The monoisotopic (exact) mass is 232 g/mol. The first-order valence-corrected chi connectivity index (χ1v) is 5.00. The van der Waals surface area contributed by atoms with Gasteiger partial charge < -0.3 is 20.5 Å². The van der Waals surface area contributed by atoms with Crippen molar-refractivity contribution in [2.45, 2.75) is 45.4 Å². The van der Waals surface area contributed by atoms with Crippen LogP contribution in [0.1, 0.15) is 27.7 Å². The van der Waals surface area contributed by atoms with Crippen LogP contribution in [0, 0.1) is 0 Å². The number of likely N-dealkylation sites (N-methyl/N-ethyl adjacent to an activating group) is 1. The second-order valence-corrected chi connectivity index (χ2v) is 4.70. The lowest BCUT2D eigenvalue weighted by Gasteiger charge is -2.30. The molecule has 0 rings (SSSR count). The normalized spacial score (nSPS) is 15.1. The summed E-state index contributed by atoms with van der Waals surface area (Å²) in [5, 5.41) is 8.71. The number of aliphatic carboxylic acids is 1. The van der Waals surface area contributed by atoms with Gasteiger partial charge in [0.25, 0.3) is 0 Å². The van der Waals surface area contributed by atoms with E-state index in [1.54, 1.807) is 27.7 Å². The van der Waals surface area contributed by atoms with E-state index in [0.717, 1.165) is 0 Å². The highest BCUT2D eigenvalue weighted by molar-refractivity contribution is 5.76. The minimum absolute atomic E-state index is 0.586. The molecule has 6 nitrogen and oxygen atoms in total. The van der Waals surface area contributed by atoms with Crippen molar-refractivity contribution in [2.75, 3.05) is 7.05 Å². The van der Waals surface area contributed by atoms with Gasteiger partial charge in [-0.1, -0.05) is 0 Å². The minimum Gasteiger partial charge on any atom is -0.480 e. The molecule has 0 radical (unpaired) electrons. The van der Waals surface area contributed by atoms with Crippen LogP contribution in [-0.2, 0) is 9.53 Å². The quantitative estimate of drug-likeness (QED) is 0.745. The Bertz CT molecular complexity index is 272. The molecule has 2 unspecified atom stereocenters. The maximum absolute atomic E-state index is 11.6. The molecule has 0 spiro atoms. The molecule has 0 aliphatic carbocycles. The first-order chi connectivity index (χ1) is 7.06. The predicted molar refractivity (Wildman–Crippen MR) is 59.1 cm³/mol. The van der Waals surface area contributed by atoms with E-state index in [2.05, 4.69) is 0 Å². The largest absolute Gasteiger partial charge is 0.480 e. The molecule has 0 aliphatic heterocycles. The average molecular weight is 232 g/mol. The lowest BCUT2D eigenvalue weighted by molar-refractivity contribution is -0.139. The van der Waals surface area contributed by atoms with Gasteiger partial charge >= 0.3 is 12.1 Å². The Balaban J connectivity index is 4.50. The Kier molecular flexibility index (Phi) is 4.74. The highest BCUT2D eigenvalue weighted by Crippen LogP contribution is 2.11. The lowest BCUT2D eigenvalue weighted by Crippen LogP contribution is -2.51. The minimum atomic E-state index is -1.15. The summed E-state index contributed by atoms with van der Waals surface area (Å²) in [6.45, 7) is 6.77. The third-order valence-corrected chi connectivity index (χ3v) is 2.10. The zero-order chi connectivity index (χ0) is 13.1. The summed E-state index contributed by atoms with van der Waals surface area (Å²) in [4.78, 5) is 23.4. The van der Waals surface area contributed by atoms with Crippen LogP contribution in [0.15, 0.2) is 0 Å². The predicted octanol–water partition coefficient (Wildman–Crippen LogP) is 0.654. The lowest BCUT2D eigenvalue weighted by atomic mass is 10.1. The van der Waals surface area contributed by atoms with Crippen molar-refractivity contribution in [3.63, 3.8) is 0 Å². The zero-order valence-electron chi connectivity index (χ0n) is 10.4. The fourth-order valence-electron chi connectivity index (χ4n) is 0.947. The van der Waals surface area contributed by atoms with Gasteiger partial charge in [-0.3, -0.25) is 4.79 Å². The Morgan fingerprint density at radius 2 is 1.81 bits per heavy atom. The topological polar surface area (TPSA) is 92.9 Å². The second-order valence-electron chi connectivity index (χ2n) is 4.70. The Labute approximate surface area is 95.4 Å². The van der Waals surface area contributed by atoms with Gasteiger partial charge in [0.2, 0.25) is 0 Å². The zero-order valence-corrected chi connectivity index (χ0v) is 10.4. The number of carboxylic acids is 1. The Hall–Kier alpha value is -1.30. The third-order valence-electron chi connectivity index (χ3n) is 2.10. The first-order valence-electron chi connectivity index (χ1n) is 5.00. The van der Waals surface area contributed by atoms with Crippen LogP contribution in [0.4, 0.5) is 4.79 Å². The van der Waals surface area contributed by atoms with E-state index in [0.29, 0.717) is 0 Å². The van der Waals surface area contributed by atoms with Gasteiger partial charge in [0, 0.05) is 7.05 Å². The van der Waals surface area contributed by atoms with E-state index in [-0.39, 0.29) is 0 Å². The highest BCUT2D eigenvalue weighted by Gasteiger charge is 2.29. The summed E-state index contributed by atoms with van der Waals surface area (Å²) in [6.07, 6.45) is -0.586. The molecule has 0 aromatic carbocycles. The first kappa shape index (κ1) is 14.7. The number of carbonyl (C=O) groups excluding carboxylic acids is 1. The third kappa shape index (κ3) is 4.48. The number of nitrogens with zero attached hydrogens (tertiary/aromatic N) is 1. The summed E-state index contributed by atoms with van der Waals surface area (Å²) >= 11 is 0. The molecule has 16 heavy (non-hydrogen) atoms. The van der Waals surface area contributed by atoms with E-state index in [1.807, 2.05) is 0 Å². The summed E-state index contributed by atoms with van der Waals surface area (Å²) in [5.41, 5.74) is 4.80. The Morgan fingerprint density at radius 3 is 2.12 bits per heavy atom. The summed E-state index contributed by atoms with van der Waals surface area (Å²) < 4.78 is 5.09. The molecule has 94 valence electrons. The molecule has 2 atom stereocenters. The number of nitrogens with two attached hydrogens (primary N) is 1. The molecule has 0 saturated carbocycles. The highest BCUT2D eigenvalue weighted by atomic mass is 16.6. The number of hydrogen-bond acceptors (Lipinski definition) is 4. The van der Waals surface area contributed by atoms with Gasteiger partial charge in [0.15, 0.2) is 0 Å². The SMILES string of the molecule is CC(C(N)C(=O)O)N(C)C(=O)OC(C)(C)C. The molecule has 1 amide bonds. The maximum atomic E-state index is 11.6. The number of amides is 1. The molecule has 3 N–H and O–H groups in total. The van der Waals surface area contributed by atoms with Crippen molar-refractivity contribution in [3.8, 4) is 0 Å². The van der Waals surface area contributed by atoms with E-state index in [9.17, 15) is 9.59 Å². The standard InChI is InChI=1S/C10H20N2O4/c1-6(7(11)8(13)14)12(5)9(15)16-10(2,3)4/h6-7H,11H2,1-5H3,(H,13,14). The van der Waals surface area contributed by atoms with Gasteiger partial charge in [0.1, 0.15) is 11.6 Å². The van der Waals surface area contributed by atoms with Crippen molar-refractivity contribution in [3.05, 3.63) is 0 Å². The van der Waals surface area contributed by atoms with E-state index in [4.69, 9.17) is 15.6 Å². The summed E-state index contributed by atoms with van der Waals surface area (Å²) in [6, 6.07) is -1.76. The van der Waals surface area contributed by atoms with Crippen molar-refractivity contribution < 1.29 is 19.4 Å². The van der Waals surface area contributed by atoms with E-state index >= 15 is 0 Å². The molecule has 0 aliphatic rings. The molecule has 6 heteroatoms. The van der Waals surface area contributed by atoms with Crippen LogP contribution in [0.5, 0.6) is 0 Å². The van der Waals surface area contributed by atoms with Crippen LogP contribution in [0.2, 0.25) is 0 Å². The van der Waals surface area contributed by atoms with Crippen LogP contribution in [0.3, 0.4) is 0 Å². The Morgan fingerprint density at radius 1 is 1.38 bits per heavy atom. The molecule has 0 fully saturated rings. The maximum Gasteiger partial charge on any atom is 0.410 e. The van der Waals surface area contributed by atoms with Crippen molar-refractivity contribution in [1.82, 2.24) is 4.90 Å². The molecular formula is C10H20N2O4. The fourth-order valence-corrected chi connectivity index (χ4v) is 0.947. The van der Waals surface area contributed by atoms with Crippen LogP contribution in [-0.4, -0.2) is 46.8 Å². The summed E-state index contributed by atoms with van der Waals surface area (Å²) in [7, 11) is 1.46. The van der Waals surface area contributed by atoms with Gasteiger partial charge in [-0.25, -0.2) is 4.79 Å². The van der Waals surface area contributed by atoms with Gasteiger partial charge in [-0.15, -0.1) is 0 Å². The van der Waals surface area contributed by atoms with Crippen LogP contribution >= 0.6 is 0 Å². The number of hydrogen-bond donors (Lipinski definition) is 2. The number of carbonyl (C=O) groups is 2. The molecule has 0 aromatic heterocycles. The van der Waals surface area contributed by atoms with Crippen molar-refractivity contribution in [2.24, 2.45) is 5.73 Å². The average Bonchev–Trinajstić information content (AvgIpc) is 2.11. The molecule has 0 aromatic rings. The number of ether oxygens (including phenoxy) is 1. The fraction of sp³-hybridized carbons (Fsp3) is 0.800. The second kappa shape index (κ2) is 5.16. The molecular weight excluding hydrogens is 212 g/mol.